The SMILES string of the molecule is CNC(Cc1cncs1)c1ccncc1F. The molecule has 0 bridgehead atoms. The Morgan fingerprint density at radius 3 is 2.94 bits per heavy atom. The molecule has 0 saturated heterocycles. The Labute approximate surface area is 97.4 Å². The first kappa shape index (κ1) is 11.2. The van der Waals surface area contributed by atoms with Gasteiger partial charge in [0, 0.05) is 35.3 Å². The van der Waals surface area contributed by atoms with Gasteiger partial charge in [-0.2, -0.15) is 0 Å². The van der Waals surface area contributed by atoms with Crippen molar-refractivity contribution in [2.45, 2.75) is 12.5 Å². The van der Waals surface area contributed by atoms with E-state index in [1.165, 1.54) is 6.20 Å². The van der Waals surface area contributed by atoms with Gasteiger partial charge in [-0.15, -0.1) is 11.3 Å². The molecule has 0 amide bonds. The lowest BCUT2D eigenvalue weighted by atomic mass is 10.0. The van der Waals surface area contributed by atoms with Gasteiger partial charge in [-0.05, 0) is 13.1 Å². The van der Waals surface area contributed by atoms with E-state index in [2.05, 4.69) is 15.3 Å². The van der Waals surface area contributed by atoms with Crippen molar-refractivity contribution in [3.05, 3.63) is 46.4 Å². The van der Waals surface area contributed by atoms with Crippen LogP contribution >= 0.6 is 11.3 Å². The minimum Gasteiger partial charge on any atom is -0.313 e. The van der Waals surface area contributed by atoms with Crippen molar-refractivity contribution in [2.24, 2.45) is 0 Å². The molecular formula is C11H12FN3S. The van der Waals surface area contributed by atoms with Crippen molar-refractivity contribution in [3.8, 4) is 0 Å². The van der Waals surface area contributed by atoms with Crippen LogP contribution in [-0.2, 0) is 6.42 Å². The molecule has 2 aromatic heterocycles. The molecule has 0 saturated carbocycles. The van der Waals surface area contributed by atoms with Crippen LogP contribution in [0.1, 0.15) is 16.5 Å². The highest BCUT2D eigenvalue weighted by atomic mass is 32.1. The second kappa shape index (κ2) is 5.14. The molecule has 0 aliphatic rings. The van der Waals surface area contributed by atoms with Gasteiger partial charge in [0.15, 0.2) is 0 Å². The number of pyridine rings is 1. The van der Waals surface area contributed by atoms with Gasteiger partial charge in [0.25, 0.3) is 0 Å². The lowest BCUT2D eigenvalue weighted by Crippen LogP contribution is -2.19. The van der Waals surface area contributed by atoms with Gasteiger partial charge in [-0.1, -0.05) is 0 Å². The van der Waals surface area contributed by atoms with Gasteiger partial charge in [0.1, 0.15) is 5.82 Å². The molecule has 1 N–H and O–H groups in total. The smallest absolute Gasteiger partial charge is 0.146 e. The topological polar surface area (TPSA) is 37.8 Å². The largest absolute Gasteiger partial charge is 0.313 e. The fourth-order valence-corrected chi connectivity index (χ4v) is 2.22. The molecule has 0 fully saturated rings. The average Bonchev–Trinajstić information content (AvgIpc) is 2.80. The molecule has 2 heterocycles. The first-order valence-electron chi connectivity index (χ1n) is 4.95. The number of likely N-dealkylation sites (N-methyl/N-ethyl adjacent to an activating group) is 1. The van der Waals surface area contributed by atoms with Crippen LogP contribution in [-0.4, -0.2) is 17.0 Å². The number of hydrogen-bond acceptors (Lipinski definition) is 4. The van der Waals surface area contributed by atoms with Crippen LogP contribution < -0.4 is 5.32 Å². The highest BCUT2D eigenvalue weighted by molar-refractivity contribution is 7.09. The summed E-state index contributed by atoms with van der Waals surface area (Å²) in [7, 11) is 1.82. The predicted octanol–water partition coefficient (Wildman–Crippen LogP) is 2.18. The first-order chi connectivity index (χ1) is 7.81. The molecule has 16 heavy (non-hydrogen) atoms. The highest BCUT2D eigenvalue weighted by Gasteiger charge is 2.14. The first-order valence-corrected chi connectivity index (χ1v) is 5.83. The summed E-state index contributed by atoms with van der Waals surface area (Å²) >= 11 is 1.58. The monoisotopic (exact) mass is 237 g/mol. The summed E-state index contributed by atoms with van der Waals surface area (Å²) in [6.07, 6.45) is 5.40. The zero-order valence-electron chi connectivity index (χ0n) is 8.85. The third kappa shape index (κ3) is 2.43. The molecule has 0 aliphatic carbocycles. The summed E-state index contributed by atoms with van der Waals surface area (Å²) in [5, 5.41) is 3.11. The van der Waals surface area contributed by atoms with Gasteiger partial charge in [-0.3, -0.25) is 9.97 Å². The third-order valence-corrected chi connectivity index (χ3v) is 3.22. The molecule has 84 valence electrons. The number of aromatic nitrogens is 2. The Morgan fingerprint density at radius 1 is 1.44 bits per heavy atom. The minimum absolute atomic E-state index is 0.0385. The number of hydrogen-bond donors (Lipinski definition) is 1. The molecule has 0 spiro atoms. The number of nitrogens with one attached hydrogen (secondary N) is 1. The van der Waals surface area contributed by atoms with E-state index >= 15 is 0 Å². The summed E-state index contributed by atoms with van der Waals surface area (Å²) in [5.41, 5.74) is 2.43. The van der Waals surface area contributed by atoms with E-state index in [9.17, 15) is 4.39 Å². The van der Waals surface area contributed by atoms with Crippen molar-refractivity contribution < 1.29 is 4.39 Å². The van der Waals surface area contributed by atoms with Gasteiger partial charge in [0.2, 0.25) is 0 Å². The van der Waals surface area contributed by atoms with Gasteiger partial charge >= 0.3 is 0 Å². The standard InChI is InChI=1S/C11H12FN3S/c1-13-11(4-8-5-15-7-16-8)9-2-3-14-6-10(9)12/h2-3,5-7,11,13H,4H2,1H3. The van der Waals surface area contributed by atoms with Crippen LogP contribution in [0, 0.1) is 5.82 Å². The number of rotatable bonds is 4. The summed E-state index contributed by atoms with van der Waals surface area (Å²) in [6, 6.07) is 1.67. The quantitative estimate of drug-likeness (QED) is 0.885. The fourth-order valence-electron chi connectivity index (χ4n) is 1.58. The van der Waals surface area contributed by atoms with E-state index in [1.54, 1.807) is 29.1 Å². The van der Waals surface area contributed by atoms with Crippen molar-refractivity contribution in [2.75, 3.05) is 7.05 Å². The maximum Gasteiger partial charge on any atom is 0.146 e. The van der Waals surface area contributed by atoms with Crippen LogP contribution in [0.15, 0.2) is 30.2 Å². The highest BCUT2D eigenvalue weighted by Crippen LogP contribution is 2.21. The van der Waals surface area contributed by atoms with E-state index in [1.807, 2.05) is 13.2 Å². The molecule has 5 heteroatoms. The molecule has 0 aliphatic heterocycles. The maximum atomic E-state index is 13.5. The summed E-state index contributed by atoms with van der Waals surface area (Å²) < 4.78 is 13.5. The van der Waals surface area contributed by atoms with Crippen LogP contribution in [0.4, 0.5) is 4.39 Å². The predicted molar refractivity (Wildman–Crippen MR) is 61.8 cm³/mol. The molecule has 0 radical (unpaired) electrons. The Hall–Kier alpha value is -1.33. The van der Waals surface area contributed by atoms with Crippen molar-refractivity contribution in [3.63, 3.8) is 0 Å². The van der Waals surface area contributed by atoms with Crippen LogP contribution in [0.5, 0.6) is 0 Å². The molecule has 1 unspecified atom stereocenters. The normalized spacial score (nSPS) is 12.6. The summed E-state index contributed by atoms with van der Waals surface area (Å²) in [4.78, 5) is 8.89. The second-order valence-corrected chi connectivity index (χ2v) is 4.38. The van der Waals surface area contributed by atoms with E-state index < -0.39 is 0 Å². The zero-order valence-corrected chi connectivity index (χ0v) is 9.67. The van der Waals surface area contributed by atoms with Gasteiger partial charge in [-0.25, -0.2) is 4.39 Å². The lowest BCUT2D eigenvalue weighted by Gasteiger charge is -2.15. The number of nitrogens with zero attached hydrogens (tertiary/aromatic N) is 2. The van der Waals surface area contributed by atoms with E-state index in [4.69, 9.17) is 0 Å². The molecule has 1 atom stereocenters. The van der Waals surface area contributed by atoms with Crippen LogP contribution in [0.25, 0.3) is 0 Å². The molecular weight excluding hydrogens is 225 g/mol. The van der Waals surface area contributed by atoms with Gasteiger partial charge in [0.05, 0.1) is 11.7 Å². The zero-order chi connectivity index (χ0) is 11.4. The van der Waals surface area contributed by atoms with E-state index in [-0.39, 0.29) is 11.9 Å². The fraction of sp³-hybridized carbons (Fsp3) is 0.273. The number of thiazole rings is 1. The average molecular weight is 237 g/mol. The summed E-state index contributed by atoms with van der Waals surface area (Å²) in [5.74, 6) is -0.272. The third-order valence-electron chi connectivity index (χ3n) is 2.42. The van der Waals surface area contributed by atoms with E-state index in [0.717, 1.165) is 11.3 Å². The Balaban J connectivity index is 2.20. The molecule has 2 rings (SSSR count). The van der Waals surface area contributed by atoms with E-state index in [0.29, 0.717) is 5.56 Å². The Kier molecular flexibility index (Phi) is 3.58. The second-order valence-electron chi connectivity index (χ2n) is 3.41. The Morgan fingerprint density at radius 2 is 2.31 bits per heavy atom. The van der Waals surface area contributed by atoms with Crippen molar-refractivity contribution in [1.29, 1.82) is 0 Å². The number of halogens is 1. The van der Waals surface area contributed by atoms with Crippen LogP contribution in [0.3, 0.4) is 0 Å². The molecule has 0 aromatic carbocycles. The maximum absolute atomic E-state index is 13.5. The molecule has 3 nitrogen and oxygen atoms in total. The summed E-state index contributed by atoms with van der Waals surface area (Å²) in [6.45, 7) is 0. The minimum atomic E-state index is -0.272. The van der Waals surface area contributed by atoms with Gasteiger partial charge < -0.3 is 5.32 Å². The van der Waals surface area contributed by atoms with Crippen molar-refractivity contribution in [1.82, 2.24) is 15.3 Å². The lowest BCUT2D eigenvalue weighted by molar-refractivity contribution is 0.532. The molecule has 2 aromatic rings. The van der Waals surface area contributed by atoms with Crippen molar-refractivity contribution >= 4 is 11.3 Å². The van der Waals surface area contributed by atoms with Crippen LogP contribution in [0.2, 0.25) is 0 Å². The Bertz CT molecular complexity index is 444.